The summed E-state index contributed by atoms with van der Waals surface area (Å²) in [7, 11) is 3.93. The minimum Gasteiger partial charge on any atom is -0.352 e. The number of rotatable bonds is 7. The second-order valence-corrected chi connectivity index (χ2v) is 6.72. The molecule has 0 aliphatic rings. The standard InChI is InChI=1S/C20H24ClN3O2/c1-14(23-20(26)16-11-7-8-12-17(16)21)19(25)22-13-18(24(2)3)15-9-5-4-6-10-15/h4-12,14,18H,13H2,1-3H3,(H,22,25)(H,23,26)/t14-,18?/m0/s1. The zero-order valence-electron chi connectivity index (χ0n) is 15.2. The molecule has 0 saturated carbocycles. The number of halogens is 1. The highest BCUT2D eigenvalue weighted by Gasteiger charge is 2.20. The molecular weight excluding hydrogens is 350 g/mol. The maximum absolute atomic E-state index is 12.4. The first kappa shape index (κ1) is 19.9. The quantitative estimate of drug-likeness (QED) is 0.784. The molecule has 26 heavy (non-hydrogen) atoms. The number of amides is 2. The molecular formula is C20H24ClN3O2. The average molecular weight is 374 g/mol. The molecule has 0 bridgehead atoms. The van der Waals surface area contributed by atoms with Crippen molar-refractivity contribution >= 4 is 23.4 Å². The fourth-order valence-electron chi connectivity index (χ4n) is 2.61. The SMILES string of the molecule is C[C@H](NC(=O)c1ccccc1Cl)C(=O)NCC(c1ccccc1)N(C)C. The lowest BCUT2D eigenvalue weighted by atomic mass is 10.1. The Morgan fingerprint density at radius 3 is 2.27 bits per heavy atom. The van der Waals surface area contributed by atoms with Crippen molar-refractivity contribution in [3.63, 3.8) is 0 Å². The number of nitrogens with zero attached hydrogens (tertiary/aromatic N) is 1. The molecule has 2 atom stereocenters. The normalized spacial score (nSPS) is 13.1. The third-order valence-electron chi connectivity index (χ3n) is 4.14. The summed E-state index contributed by atoms with van der Waals surface area (Å²) in [5.74, 6) is -0.612. The van der Waals surface area contributed by atoms with Gasteiger partial charge in [0.1, 0.15) is 6.04 Å². The average Bonchev–Trinajstić information content (AvgIpc) is 2.62. The van der Waals surface area contributed by atoms with Gasteiger partial charge in [-0.2, -0.15) is 0 Å². The van der Waals surface area contributed by atoms with Gasteiger partial charge in [-0.05, 0) is 38.7 Å². The molecule has 2 aromatic carbocycles. The van der Waals surface area contributed by atoms with Gasteiger partial charge >= 0.3 is 0 Å². The van der Waals surface area contributed by atoms with Gasteiger partial charge in [-0.15, -0.1) is 0 Å². The van der Waals surface area contributed by atoms with Crippen molar-refractivity contribution < 1.29 is 9.59 Å². The van der Waals surface area contributed by atoms with Gasteiger partial charge in [-0.25, -0.2) is 0 Å². The Hall–Kier alpha value is -2.37. The maximum Gasteiger partial charge on any atom is 0.253 e. The van der Waals surface area contributed by atoms with E-state index in [1.807, 2.05) is 49.3 Å². The van der Waals surface area contributed by atoms with Crippen molar-refractivity contribution in [3.8, 4) is 0 Å². The summed E-state index contributed by atoms with van der Waals surface area (Å²) in [6, 6.07) is 16.1. The molecule has 0 aliphatic carbocycles. The third-order valence-corrected chi connectivity index (χ3v) is 4.47. The highest BCUT2D eigenvalue weighted by molar-refractivity contribution is 6.33. The molecule has 0 spiro atoms. The first-order valence-corrected chi connectivity index (χ1v) is 8.82. The Morgan fingerprint density at radius 1 is 1.04 bits per heavy atom. The van der Waals surface area contributed by atoms with Crippen LogP contribution in [0.2, 0.25) is 5.02 Å². The van der Waals surface area contributed by atoms with Crippen LogP contribution in [0.15, 0.2) is 54.6 Å². The van der Waals surface area contributed by atoms with Crippen LogP contribution >= 0.6 is 11.6 Å². The predicted molar refractivity (Wildman–Crippen MR) is 104 cm³/mol. The van der Waals surface area contributed by atoms with E-state index in [1.54, 1.807) is 31.2 Å². The summed E-state index contributed by atoms with van der Waals surface area (Å²) < 4.78 is 0. The molecule has 2 aromatic rings. The molecule has 6 heteroatoms. The minimum absolute atomic E-state index is 0.0478. The van der Waals surface area contributed by atoms with E-state index in [1.165, 1.54) is 0 Å². The van der Waals surface area contributed by atoms with E-state index in [-0.39, 0.29) is 17.9 Å². The lowest BCUT2D eigenvalue weighted by molar-refractivity contribution is -0.122. The van der Waals surface area contributed by atoms with Gasteiger partial charge in [0.05, 0.1) is 16.6 Å². The van der Waals surface area contributed by atoms with E-state index in [9.17, 15) is 9.59 Å². The fraction of sp³-hybridized carbons (Fsp3) is 0.300. The number of benzene rings is 2. The van der Waals surface area contributed by atoms with Gasteiger partial charge in [-0.3, -0.25) is 9.59 Å². The zero-order chi connectivity index (χ0) is 19.1. The number of likely N-dealkylation sites (N-methyl/N-ethyl adjacent to an activating group) is 1. The van der Waals surface area contributed by atoms with Crippen LogP contribution in [0.4, 0.5) is 0 Å². The number of nitrogens with one attached hydrogen (secondary N) is 2. The Bertz CT molecular complexity index is 750. The first-order chi connectivity index (χ1) is 12.4. The van der Waals surface area contributed by atoms with Crippen molar-refractivity contribution in [3.05, 3.63) is 70.7 Å². The highest BCUT2D eigenvalue weighted by atomic mass is 35.5. The molecule has 0 aromatic heterocycles. The largest absolute Gasteiger partial charge is 0.352 e. The molecule has 0 radical (unpaired) electrons. The summed E-state index contributed by atoms with van der Waals surface area (Å²) in [5.41, 5.74) is 1.47. The summed E-state index contributed by atoms with van der Waals surface area (Å²) >= 11 is 6.02. The van der Waals surface area contributed by atoms with E-state index >= 15 is 0 Å². The number of hydrogen-bond acceptors (Lipinski definition) is 3. The van der Waals surface area contributed by atoms with Crippen LogP contribution < -0.4 is 10.6 Å². The smallest absolute Gasteiger partial charge is 0.253 e. The molecule has 0 fully saturated rings. The molecule has 2 N–H and O–H groups in total. The second-order valence-electron chi connectivity index (χ2n) is 6.31. The topological polar surface area (TPSA) is 61.4 Å². The van der Waals surface area contributed by atoms with Crippen LogP contribution in [0, 0.1) is 0 Å². The van der Waals surface area contributed by atoms with Gasteiger partial charge in [0.25, 0.3) is 5.91 Å². The Kier molecular flexibility index (Phi) is 7.18. The van der Waals surface area contributed by atoms with Gasteiger partial charge < -0.3 is 15.5 Å². The Balaban J connectivity index is 1.94. The maximum atomic E-state index is 12.4. The lowest BCUT2D eigenvalue weighted by Crippen LogP contribution is -2.46. The van der Waals surface area contributed by atoms with Crippen molar-refractivity contribution in [1.29, 1.82) is 0 Å². The number of carbonyl (C=O) groups is 2. The number of hydrogen-bond donors (Lipinski definition) is 2. The van der Waals surface area contributed by atoms with Crippen LogP contribution in [0.3, 0.4) is 0 Å². The lowest BCUT2D eigenvalue weighted by Gasteiger charge is -2.26. The predicted octanol–water partition coefficient (Wildman–Crippen LogP) is 2.88. The van der Waals surface area contributed by atoms with E-state index in [2.05, 4.69) is 10.6 Å². The highest BCUT2D eigenvalue weighted by Crippen LogP contribution is 2.17. The summed E-state index contributed by atoms with van der Waals surface area (Å²) in [6.07, 6.45) is 0. The van der Waals surface area contributed by atoms with Gasteiger partial charge in [0.2, 0.25) is 5.91 Å². The molecule has 138 valence electrons. The van der Waals surface area contributed by atoms with Crippen LogP contribution in [-0.4, -0.2) is 43.4 Å². The minimum atomic E-state index is -0.669. The van der Waals surface area contributed by atoms with Crippen molar-refractivity contribution in [2.75, 3.05) is 20.6 Å². The Labute approximate surface area is 159 Å². The molecule has 2 amide bonds. The van der Waals surface area contributed by atoms with Gasteiger partial charge in [0, 0.05) is 6.54 Å². The van der Waals surface area contributed by atoms with E-state index < -0.39 is 6.04 Å². The summed E-state index contributed by atoms with van der Waals surface area (Å²) in [6.45, 7) is 2.10. The Morgan fingerprint density at radius 2 is 1.65 bits per heavy atom. The third kappa shape index (κ3) is 5.31. The van der Waals surface area contributed by atoms with E-state index in [0.717, 1.165) is 5.56 Å². The molecule has 1 unspecified atom stereocenters. The second kappa shape index (κ2) is 9.36. The van der Waals surface area contributed by atoms with Crippen LogP contribution in [0.25, 0.3) is 0 Å². The first-order valence-electron chi connectivity index (χ1n) is 8.44. The summed E-state index contributed by atoms with van der Waals surface area (Å²) in [4.78, 5) is 26.7. The van der Waals surface area contributed by atoms with Crippen LogP contribution in [0.5, 0.6) is 0 Å². The molecule has 0 heterocycles. The van der Waals surface area contributed by atoms with Gasteiger partial charge in [-0.1, -0.05) is 54.1 Å². The summed E-state index contributed by atoms with van der Waals surface area (Å²) in [5, 5.41) is 5.94. The van der Waals surface area contributed by atoms with Crippen LogP contribution in [-0.2, 0) is 4.79 Å². The van der Waals surface area contributed by atoms with Gasteiger partial charge in [0.15, 0.2) is 0 Å². The molecule has 0 saturated heterocycles. The zero-order valence-corrected chi connectivity index (χ0v) is 16.0. The van der Waals surface area contributed by atoms with Crippen molar-refractivity contribution in [2.24, 2.45) is 0 Å². The molecule has 2 rings (SSSR count). The van der Waals surface area contributed by atoms with Crippen LogP contribution in [0.1, 0.15) is 28.9 Å². The number of carbonyl (C=O) groups excluding carboxylic acids is 2. The van der Waals surface area contributed by atoms with Crippen molar-refractivity contribution in [1.82, 2.24) is 15.5 Å². The molecule has 5 nitrogen and oxygen atoms in total. The monoisotopic (exact) mass is 373 g/mol. The van der Waals surface area contributed by atoms with E-state index in [4.69, 9.17) is 11.6 Å². The fourth-order valence-corrected chi connectivity index (χ4v) is 2.83. The van der Waals surface area contributed by atoms with E-state index in [0.29, 0.717) is 17.1 Å². The molecule has 0 aliphatic heterocycles. The van der Waals surface area contributed by atoms with Crippen molar-refractivity contribution in [2.45, 2.75) is 19.0 Å².